The van der Waals surface area contributed by atoms with Crippen LogP contribution in [-0.2, 0) is 15.6 Å². The van der Waals surface area contributed by atoms with Gasteiger partial charge in [0.1, 0.15) is 10.6 Å². The Kier molecular flexibility index (Phi) is 7.58. The number of anilines is 1. The number of carbonyl (C=O) groups is 1. The van der Waals surface area contributed by atoms with Gasteiger partial charge >= 0.3 is 6.36 Å². The first kappa shape index (κ1) is 28.7. The fourth-order valence-corrected chi connectivity index (χ4v) is 6.37. The number of aliphatic hydroxyl groups is 1. The van der Waals surface area contributed by atoms with Crippen LogP contribution in [0.5, 0.6) is 5.75 Å². The van der Waals surface area contributed by atoms with Gasteiger partial charge in [0.25, 0.3) is 15.9 Å². The van der Waals surface area contributed by atoms with E-state index >= 15 is 0 Å². The number of fused-ring (bicyclic) bond motifs is 1. The van der Waals surface area contributed by atoms with Crippen LogP contribution < -0.4 is 9.46 Å². The zero-order valence-electron chi connectivity index (χ0n) is 21.2. The highest BCUT2D eigenvalue weighted by molar-refractivity contribution is 7.93. The van der Waals surface area contributed by atoms with E-state index in [0.29, 0.717) is 16.0 Å². The van der Waals surface area contributed by atoms with Crippen LogP contribution in [0.25, 0.3) is 10.9 Å². The Morgan fingerprint density at radius 2 is 1.73 bits per heavy atom. The number of benzene rings is 3. The lowest BCUT2D eigenvalue weighted by Gasteiger charge is -2.39. The number of halogens is 4. The molecule has 0 atom stereocenters. The second-order valence-corrected chi connectivity index (χ2v) is 11.6. The molecule has 0 saturated carbocycles. The quantitative estimate of drug-likeness (QED) is 0.291. The van der Waals surface area contributed by atoms with Gasteiger partial charge < -0.3 is 14.7 Å². The van der Waals surface area contributed by atoms with Gasteiger partial charge in [0.05, 0.1) is 22.4 Å². The van der Waals surface area contributed by atoms with Crippen molar-refractivity contribution in [2.75, 3.05) is 17.8 Å². The van der Waals surface area contributed by atoms with Crippen molar-refractivity contribution in [3.8, 4) is 5.75 Å². The Morgan fingerprint density at radius 1 is 1.02 bits per heavy atom. The number of amides is 1. The van der Waals surface area contributed by atoms with Gasteiger partial charge in [-0.25, -0.2) is 8.42 Å². The summed E-state index contributed by atoms with van der Waals surface area (Å²) in [4.78, 5) is 18.5. The second-order valence-electron chi connectivity index (χ2n) is 9.50. The SMILES string of the molecule is O=C(c1ccc(NS(=O)(=O)c2cccc3cccnc23)cc1OC(F)(F)F)N1CCC(O)(c2ccccc2Cl)CC1. The smallest absolute Gasteiger partial charge is 0.405 e. The molecular weight excluding hydrogens is 583 g/mol. The van der Waals surface area contributed by atoms with E-state index in [0.717, 1.165) is 12.1 Å². The molecule has 2 N–H and O–H groups in total. The van der Waals surface area contributed by atoms with E-state index in [1.165, 1.54) is 29.3 Å². The average molecular weight is 606 g/mol. The van der Waals surface area contributed by atoms with E-state index in [-0.39, 0.29) is 42.0 Å². The summed E-state index contributed by atoms with van der Waals surface area (Å²) in [6.45, 7) is 0.0724. The molecule has 8 nitrogen and oxygen atoms in total. The number of ether oxygens (including phenoxy) is 1. The molecule has 0 aliphatic carbocycles. The molecule has 214 valence electrons. The van der Waals surface area contributed by atoms with E-state index in [4.69, 9.17) is 11.6 Å². The molecule has 4 aromatic rings. The number of hydrogen-bond donors (Lipinski definition) is 2. The lowest BCUT2D eigenvalue weighted by molar-refractivity contribution is -0.274. The molecule has 0 bridgehead atoms. The van der Waals surface area contributed by atoms with E-state index in [2.05, 4.69) is 14.4 Å². The van der Waals surface area contributed by atoms with E-state index < -0.39 is 39.2 Å². The first-order chi connectivity index (χ1) is 19.4. The van der Waals surface area contributed by atoms with Gasteiger partial charge in [-0.3, -0.25) is 14.5 Å². The molecule has 1 saturated heterocycles. The van der Waals surface area contributed by atoms with Crippen molar-refractivity contribution in [2.24, 2.45) is 0 Å². The fourth-order valence-electron chi connectivity index (χ4n) is 4.83. The Labute approximate surface area is 238 Å². The summed E-state index contributed by atoms with van der Waals surface area (Å²) in [5.41, 5.74) is -1.28. The summed E-state index contributed by atoms with van der Waals surface area (Å²) < 4.78 is 72.7. The third kappa shape index (κ3) is 6.09. The van der Waals surface area contributed by atoms with Gasteiger partial charge in [-0.15, -0.1) is 13.2 Å². The van der Waals surface area contributed by atoms with Crippen molar-refractivity contribution in [2.45, 2.75) is 29.7 Å². The van der Waals surface area contributed by atoms with E-state index in [9.17, 15) is 31.5 Å². The predicted octanol–water partition coefficient (Wildman–Crippen LogP) is 5.71. The van der Waals surface area contributed by atoms with Crippen molar-refractivity contribution in [3.05, 3.63) is 95.1 Å². The number of sulfonamides is 1. The first-order valence-corrected chi connectivity index (χ1v) is 14.3. The molecule has 1 fully saturated rings. The van der Waals surface area contributed by atoms with Gasteiger partial charge in [-0.05, 0) is 43.2 Å². The van der Waals surface area contributed by atoms with Gasteiger partial charge in [-0.2, -0.15) is 0 Å². The molecule has 1 amide bonds. The molecule has 2 heterocycles. The lowest BCUT2D eigenvalue weighted by atomic mass is 9.84. The van der Waals surface area contributed by atoms with Gasteiger partial charge in [0.15, 0.2) is 0 Å². The summed E-state index contributed by atoms with van der Waals surface area (Å²) >= 11 is 6.24. The standard InChI is InChI=1S/C28H23ClF3N3O5S/c29-22-8-2-1-7-21(22)27(37)12-15-35(16-13-27)26(36)20-11-10-19(17-23(20)40-28(30,31)32)34-41(38,39)24-9-3-5-18-6-4-14-33-25(18)24/h1-11,14,17,34,37H,12-13,15-16H2. The van der Waals surface area contributed by atoms with Crippen LogP contribution in [-0.4, -0.2) is 48.8 Å². The van der Waals surface area contributed by atoms with Crippen LogP contribution in [0.3, 0.4) is 0 Å². The van der Waals surface area contributed by atoms with Gasteiger partial charge in [0, 0.05) is 41.3 Å². The molecule has 0 spiro atoms. The van der Waals surface area contributed by atoms with Crippen LogP contribution in [0, 0.1) is 0 Å². The highest BCUT2D eigenvalue weighted by Crippen LogP contribution is 2.38. The minimum absolute atomic E-state index is 0.0362. The fraction of sp³-hybridized carbons (Fsp3) is 0.214. The van der Waals surface area contributed by atoms with Gasteiger partial charge in [-0.1, -0.05) is 48.0 Å². The van der Waals surface area contributed by atoms with Crippen LogP contribution in [0.1, 0.15) is 28.8 Å². The maximum absolute atomic E-state index is 13.3. The number of rotatable bonds is 6. The maximum atomic E-state index is 13.3. The largest absolute Gasteiger partial charge is 0.573 e. The lowest BCUT2D eigenvalue weighted by Crippen LogP contribution is -2.45. The Bertz CT molecular complexity index is 1720. The summed E-state index contributed by atoms with van der Waals surface area (Å²) in [5.74, 6) is -1.64. The first-order valence-electron chi connectivity index (χ1n) is 12.4. The number of alkyl halides is 3. The van der Waals surface area contributed by atoms with Crippen molar-refractivity contribution >= 4 is 44.1 Å². The summed E-state index contributed by atoms with van der Waals surface area (Å²) in [5, 5.41) is 12.1. The number of para-hydroxylation sites is 1. The summed E-state index contributed by atoms with van der Waals surface area (Å²) in [7, 11) is -4.28. The van der Waals surface area contributed by atoms with E-state index in [1.807, 2.05) is 0 Å². The van der Waals surface area contributed by atoms with Crippen LogP contribution in [0.4, 0.5) is 18.9 Å². The number of pyridine rings is 1. The second kappa shape index (κ2) is 10.8. The number of nitrogens with zero attached hydrogens (tertiary/aromatic N) is 2. The van der Waals surface area contributed by atoms with Crippen molar-refractivity contribution in [1.82, 2.24) is 9.88 Å². The normalized spacial score (nSPS) is 15.5. The average Bonchev–Trinajstić information content (AvgIpc) is 2.92. The van der Waals surface area contributed by atoms with Crippen molar-refractivity contribution in [1.29, 1.82) is 0 Å². The van der Waals surface area contributed by atoms with Crippen molar-refractivity contribution in [3.63, 3.8) is 0 Å². The Balaban J connectivity index is 1.40. The number of piperidine rings is 1. The predicted molar refractivity (Wildman–Crippen MR) is 146 cm³/mol. The van der Waals surface area contributed by atoms with Crippen LogP contribution in [0.15, 0.2) is 83.9 Å². The zero-order valence-corrected chi connectivity index (χ0v) is 22.8. The molecule has 0 unspecified atom stereocenters. The molecule has 1 aromatic heterocycles. The third-order valence-corrected chi connectivity index (χ3v) is 8.57. The van der Waals surface area contributed by atoms with Crippen LogP contribution in [0.2, 0.25) is 5.02 Å². The molecule has 13 heteroatoms. The minimum atomic E-state index is -5.15. The molecule has 41 heavy (non-hydrogen) atoms. The molecule has 1 aliphatic rings. The Hall–Kier alpha value is -3.87. The molecular formula is C28H23ClF3N3O5S. The maximum Gasteiger partial charge on any atom is 0.573 e. The molecule has 5 rings (SSSR count). The van der Waals surface area contributed by atoms with Gasteiger partial charge in [0.2, 0.25) is 0 Å². The molecule has 0 radical (unpaired) electrons. The monoisotopic (exact) mass is 605 g/mol. The number of likely N-dealkylation sites (tertiary alicyclic amines) is 1. The number of nitrogens with one attached hydrogen (secondary N) is 1. The number of carbonyl (C=O) groups excluding carboxylic acids is 1. The highest BCUT2D eigenvalue weighted by Gasteiger charge is 2.39. The molecule has 1 aliphatic heterocycles. The minimum Gasteiger partial charge on any atom is -0.405 e. The summed E-state index contributed by atoms with van der Waals surface area (Å²) in [6, 6.07) is 17.6. The molecule has 3 aromatic carbocycles. The highest BCUT2D eigenvalue weighted by atomic mass is 35.5. The number of aromatic nitrogens is 1. The number of hydrogen-bond acceptors (Lipinski definition) is 6. The third-order valence-electron chi connectivity index (χ3n) is 6.83. The Morgan fingerprint density at radius 3 is 2.44 bits per heavy atom. The van der Waals surface area contributed by atoms with Crippen molar-refractivity contribution < 1.29 is 36.2 Å². The topological polar surface area (TPSA) is 109 Å². The van der Waals surface area contributed by atoms with Crippen LogP contribution >= 0.6 is 11.6 Å². The zero-order chi connectivity index (χ0) is 29.4. The van der Waals surface area contributed by atoms with E-state index in [1.54, 1.807) is 42.5 Å². The summed E-state index contributed by atoms with van der Waals surface area (Å²) in [6.07, 6.45) is -3.52.